The van der Waals surface area contributed by atoms with Gasteiger partial charge in [0.15, 0.2) is 0 Å². The number of carbonyl (C=O) groups excluding carboxylic acids is 1. The largest absolute Gasteiger partial charge is 0.366 e. The van der Waals surface area contributed by atoms with Crippen LogP contribution in [-0.4, -0.2) is 10.9 Å². The SMILES string of the molecule is Cc1c(C(N)=O)cccc1-c1cc2ccccc2[nH]1. The molecule has 2 aromatic carbocycles. The Morgan fingerprint density at radius 3 is 2.63 bits per heavy atom. The number of para-hydroxylation sites is 1. The first-order chi connectivity index (χ1) is 9.16. The summed E-state index contributed by atoms with van der Waals surface area (Å²) in [5.41, 5.74) is 9.95. The van der Waals surface area contributed by atoms with E-state index < -0.39 is 5.91 Å². The van der Waals surface area contributed by atoms with Crippen molar-refractivity contribution in [3.8, 4) is 11.3 Å². The van der Waals surface area contributed by atoms with E-state index in [4.69, 9.17) is 5.73 Å². The summed E-state index contributed by atoms with van der Waals surface area (Å²) in [5.74, 6) is -0.393. The minimum atomic E-state index is -0.393. The smallest absolute Gasteiger partial charge is 0.248 e. The van der Waals surface area contributed by atoms with Crippen molar-refractivity contribution in [1.82, 2.24) is 4.98 Å². The Kier molecular flexibility index (Phi) is 2.60. The van der Waals surface area contributed by atoms with Crippen LogP contribution in [0.25, 0.3) is 22.2 Å². The van der Waals surface area contributed by atoms with Crippen LogP contribution in [0.1, 0.15) is 15.9 Å². The Morgan fingerprint density at radius 1 is 1.11 bits per heavy atom. The maximum absolute atomic E-state index is 11.4. The summed E-state index contributed by atoms with van der Waals surface area (Å²) < 4.78 is 0. The molecule has 0 aliphatic rings. The number of amides is 1. The van der Waals surface area contributed by atoms with Crippen LogP contribution in [0.2, 0.25) is 0 Å². The van der Waals surface area contributed by atoms with Crippen molar-refractivity contribution < 1.29 is 4.79 Å². The van der Waals surface area contributed by atoms with Gasteiger partial charge in [0.2, 0.25) is 5.91 Å². The summed E-state index contributed by atoms with van der Waals surface area (Å²) in [4.78, 5) is 14.8. The molecule has 3 nitrogen and oxygen atoms in total. The molecule has 0 spiro atoms. The number of fused-ring (bicyclic) bond motifs is 1. The molecular formula is C16H14N2O. The quantitative estimate of drug-likeness (QED) is 0.720. The molecule has 1 heterocycles. The standard InChI is InChI=1S/C16H14N2O/c1-10-12(6-4-7-13(10)16(17)19)15-9-11-5-2-3-8-14(11)18-15/h2-9,18H,1H3,(H2,17,19). The Hall–Kier alpha value is -2.55. The zero-order chi connectivity index (χ0) is 13.4. The number of nitrogens with two attached hydrogens (primary N) is 1. The van der Waals surface area contributed by atoms with Gasteiger partial charge in [0, 0.05) is 27.7 Å². The Balaban J connectivity index is 2.21. The van der Waals surface area contributed by atoms with Gasteiger partial charge < -0.3 is 10.7 Å². The van der Waals surface area contributed by atoms with E-state index in [1.165, 1.54) is 0 Å². The van der Waals surface area contributed by atoms with Crippen LogP contribution >= 0.6 is 0 Å². The maximum Gasteiger partial charge on any atom is 0.248 e. The second kappa shape index (κ2) is 4.28. The number of hydrogen-bond acceptors (Lipinski definition) is 1. The average Bonchev–Trinajstić information content (AvgIpc) is 2.82. The number of hydrogen-bond donors (Lipinski definition) is 2. The molecule has 3 heteroatoms. The highest BCUT2D eigenvalue weighted by Gasteiger charge is 2.11. The molecule has 0 saturated heterocycles. The number of primary amides is 1. The molecule has 0 unspecified atom stereocenters. The highest BCUT2D eigenvalue weighted by molar-refractivity contribution is 5.96. The Labute approximate surface area is 111 Å². The van der Waals surface area contributed by atoms with Crippen LogP contribution in [0.3, 0.4) is 0 Å². The van der Waals surface area contributed by atoms with Gasteiger partial charge in [0.05, 0.1) is 0 Å². The van der Waals surface area contributed by atoms with E-state index in [1.54, 1.807) is 6.07 Å². The molecule has 0 bridgehead atoms. The predicted molar refractivity (Wildman–Crippen MR) is 77.0 cm³/mol. The first-order valence-corrected chi connectivity index (χ1v) is 6.14. The first-order valence-electron chi connectivity index (χ1n) is 6.14. The highest BCUT2D eigenvalue weighted by atomic mass is 16.1. The zero-order valence-corrected chi connectivity index (χ0v) is 10.6. The van der Waals surface area contributed by atoms with E-state index in [0.717, 1.165) is 27.7 Å². The van der Waals surface area contributed by atoms with Crippen LogP contribution in [0.15, 0.2) is 48.5 Å². The summed E-state index contributed by atoms with van der Waals surface area (Å²) in [7, 11) is 0. The molecular weight excluding hydrogens is 236 g/mol. The summed E-state index contributed by atoms with van der Waals surface area (Å²) in [5, 5.41) is 1.15. The van der Waals surface area contributed by atoms with Gasteiger partial charge in [0.25, 0.3) is 0 Å². The number of carbonyl (C=O) groups is 1. The van der Waals surface area contributed by atoms with Crippen molar-refractivity contribution in [2.24, 2.45) is 5.73 Å². The molecule has 94 valence electrons. The van der Waals surface area contributed by atoms with Gasteiger partial charge in [-0.15, -0.1) is 0 Å². The van der Waals surface area contributed by atoms with Crippen LogP contribution in [0.5, 0.6) is 0 Å². The number of aromatic nitrogens is 1. The molecule has 1 aromatic heterocycles. The van der Waals surface area contributed by atoms with Crippen molar-refractivity contribution in [3.05, 3.63) is 59.7 Å². The lowest BCUT2D eigenvalue weighted by molar-refractivity contribution is 0.1000. The van der Waals surface area contributed by atoms with Crippen molar-refractivity contribution in [1.29, 1.82) is 0 Å². The second-order valence-corrected chi connectivity index (χ2v) is 4.61. The first kappa shape index (κ1) is 11.5. The van der Waals surface area contributed by atoms with E-state index in [9.17, 15) is 4.79 Å². The molecule has 0 fully saturated rings. The lowest BCUT2D eigenvalue weighted by Crippen LogP contribution is -2.12. The number of nitrogens with one attached hydrogen (secondary N) is 1. The molecule has 19 heavy (non-hydrogen) atoms. The number of benzene rings is 2. The zero-order valence-electron chi connectivity index (χ0n) is 10.6. The lowest BCUT2D eigenvalue weighted by atomic mass is 10.00. The minimum Gasteiger partial charge on any atom is -0.366 e. The molecule has 0 atom stereocenters. The third-order valence-corrected chi connectivity index (χ3v) is 3.42. The van der Waals surface area contributed by atoms with Crippen molar-refractivity contribution in [2.75, 3.05) is 0 Å². The molecule has 0 aliphatic carbocycles. The van der Waals surface area contributed by atoms with Gasteiger partial charge in [-0.25, -0.2) is 0 Å². The predicted octanol–water partition coefficient (Wildman–Crippen LogP) is 3.24. The van der Waals surface area contributed by atoms with Crippen molar-refractivity contribution in [2.45, 2.75) is 6.92 Å². The lowest BCUT2D eigenvalue weighted by Gasteiger charge is -2.07. The number of H-pyrrole nitrogens is 1. The van der Waals surface area contributed by atoms with E-state index >= 15 is 0 Å². The van der Waals surface area contributed by atoms with Crippen LogP contribution in [0.4, 0.5) is 0 Å². The minimum absolute atomic E-state index is 0.393. The molecule has 3 rings (SSSR count). The van der Waals surface area contributed by atoms with Gasteiger partial charge in [-0.1, -0.05) is 30.3 Å². The summed E-state index contributed by atoms with van der Waals surface area (Å²) >= 11 is 0. The van der Waals surface area contributed by atoms with Gasteiger partial charge in [-0.3, -0.25) is 4.79 Å². The number of aromatic amines is 1. The van der Waals surface area contributed by atoms with E-state index in [-0.39, 0.29) is 0 Å². The van der Waals surface area contributed by atoms with E-state index in [0.29, 0.717) is 5.56 Å². The Bertz CT molecular complexity index is 738. The van der Waals surface area contributed by atoms with E-state index in [1.807, 2.05) is 37.3 Å². The molecule has 0 saturated carbocycles. The van der Waals surface area contributed by atoms with Crippen LogP contribution < -0.4 is 5.73 Å². The van der Waals surface area contributed by atoms with Gasteiger partial charge in [-0.2, -0.15) is 0 Å². The van der Waals surface area contributed by atoms with Gasteiger partial charge >= 0.3 is 0 Å². The molecule has 3 N–H and O–H groups in total. The van der Waals surface area contributed by atoms with Crippen LogP contribution in [-0.2, 0) is 0 Å². The topological polar surface area (TPSA) is 58.9 Å². The summed E-state index contributed by atoms with van der Waals surface area (Å²) in [6.45, 7) is 1.92. The van der Waals surface area contributed by atoms with E-state index in [2.05, 4.69) is 17.1 Å². The van der Waals surface area contributed by atoms with Gasteiger partial charge in [0.1, 0.15) is 0 Å². The average molecular weight is 250 g/mol. The normalized spacial score (nSPS) is 10.8. The highest BCUT2D eigenvalue weighted by Crippen LogP contribution is 2.28. The molecule has 1 amide bonds. The third kappa shape index (κ3) is 1.89. The molecule has 0 radical (unpaired) electrons. The summed E-state index contributed by atoms with van der Waals surface area (Å²) in [6.07, 6.45) is 0. The third-order valence-electron chi connectivity index (χ3n) is 3.42. The second-order valence-electron chi connectivity index (χ2n) is 4.61. The van der Waals surface area contributed by atoms with Crippen molar-refractivity contribution >= 4 is 16.8 Å². The molecule has 3 aromatic rings. The van der Waals surface area contributed by atoms with Crippen LogP contribution in [0, 0.1) is 6.92 Å². The maximum atomic E-state index is 11.4. The Morgan fingerprint density at radius 2 is 1.89 bits per heavy atom. The fraction of sp³-hybridized carbons (Fsp3) is 0.0625. The fourth-order valence-electron chi connectivity index (χ4n) is 2.41. The molecule has 0 aliphatic heterocycles. The number of rotatable bonds is 2. The van der Waals surface area contributed by atoms with Gasteiger partial charge in [-0.05, 0) is 30.7 Å². The fourth-order valence-corrected chi connectivity index (χ4v) is 2.41. The monoisotopic (exact) mass is 250 g/mol. The summed E-state index contributed by atoms with van der Waals surface area (Å²) in [6, 6.07) is 15.8. The van der Waals surface area contributed by atoms with Crippen molar-refractivity contribution in [3.63, 3.8) is 0 Å².